The van der Waals surface area contributed by atoms with Gasteiger partial charge in [0.15, 0.2) is 0 Å². The summed E-state index contributed by atoms with van der Waals surface area (Å²) < 4.78 is 2.31. The van der Waals surface area contributed by atoms with Crippen LogP contribution < -0.4 is 5.32 Å². The number of nitrogens with zero attached hydrogens (tertiary/aromatic N) is 2. The normalized spacial score (nSPS) is 12.3. The van der Waals surface area contributed by atoms with Gasteiger partial charge in [0, 0.05) is 25.1 Å². The molecule has 136 valence electrons. The van der Waals surface area contributed by atoms with E-state index in [4.69, 9.17) is 4.98 Å². The van der Waals surface area contributed by atoms with Crippen LogP contribution in [-0.4, -0.2) is 22.0 Å². The number of para-hydroxylation sites is 2. The molecule has 26 heavy (non-hydrogen) atoms. The number of aryl methyl sites for hydroxylation is 1. The topological polar surface area (TPSA) is 46.9 Å². The van der Waals surface area contributed by atoms with Crippen molar-refractivity contribution in [3.8, 4) is 0 Å². The number of aromatic nitrogens is 2. The molecule has 1 amide bonds. The zero-order valence-electron chi connectivity index (χ0n) is 15.8. The van der Waals surface area contributed by atoms with Gasteiger partial charge in [-0.3, -0.25) is 4.79 Å². The van der Waals surface area contributed by atoms with Crippen LogP contribution in [-0.2, 0) is 13.0 Å². The number of hydrogen-bond donors (Lipinski definition) is 1. The quantitative estimate of drug-likeness (QED) is 0.689. The van der Waals surface area contributed by atoms with Gasteiger partial charge < -0.3 is 9.88 Å². The summed E-state index contributed by atoms with van der Waals surface area (Å²) in [7, 11) is 0. The Morgan fingerprint density at radius 1 is 1.19 bits per heavy atom. The van der Waals surface area contributed by atoms with Crippen molar-refractivity contribution in [2.24, 2.45) is 5.92 Å². The van der Waals surface area contributed by atoms with Crippen LogP contribution in [0.15, 0.2) is 48.5 Å². The Balaban J connectivity index is 1.72. The Kier molecular flexibility index (Phi) is 5.71. The SMILES string of the molecule is CCC(C)Cn1c(CCNC(=O)c2cccc(C)c2)nc2ccccc21. The largest absolute Gasteiger partial charge is 0.352 e. The van der Waals surface area contributed by atoms with Gasteiger partial charge in [-0.1, -0.05) is 50.1 Å². The summed E-state index contributed by atoms with van der Waals surface area (Å²) in [5.74, 6) is 1.60. The average Bonchev–Trinajstić information content (AvgIpc) is 2.99. The van der Waals surface area contributed by atoms with Crippen LogP contribution in [0.5, 0.6) is 0 Å². The van der Waals surface area contributed by atoms with Gasteiger partial charge in [-0.05, 0) is 37.1 Å². The smallest absolute Gasteiger partial charge is 0.251 e. The van der Waals surface area contributed by atoms with Crippen molar-refractivity contribution in [2.45, 2.75) is 40.2 Å². The summed E-state index contributed by atoms with van der Waals surface area (Å²) in [6.07, 6.45) is 1.86. The van der Waals surface area contributed by atoms with E-state index in [2.05, 4.69) is 41.9 Å². The summed E-state index contributed by atoms with van der Waals surface area (Å²) >= 11 is 0. The van der Waals surface area contributed by atoms with Crippen molar-refractivity contribution in [3.05, 3.63) is 65.5 Å². The van der Waals surface area contributed by atoms with Crippen molar-refractivity contribution in [3.63, 3.8) is 0 Å². The molecule has 0 saturated carbocycles. The number of fused-ring (bicyclic) bond motifs is 1. The van der Waals surface area contributed by atoms with Crippen molar-refractivity contribution in [2.75, 3.05) is 6.54 Å². The van der Waals surface area contributed by atoms with Gasteiger partial charge in [0.1, 0.15) is 5.82 Å². The first-order chi connectivity index (χ1) is 12.6. The highest BCUT2D eigenvalue weighted by molar-refractivity contribution is 5.94. The molecule has 0 aliphatic rings. The minimum Gasteiger partial charge on any atom is -0.352 e. The second-order valence-corrected chi connectivity index (χ2v) is 7.02. The van der Waals surface area contributed by atoms with Gasteiger partial charge >= 0.3 is 0 Å². The average molecular weight is 349 g/mol. The minimum absolute atomic E-state index is 0.0294. The highest BCUT2D eigenvalue weighted by atomic mass is 16.1. The molecule has 1 atom stereocenters. The third kappa shape index (κ3) is 4.13. The molecule has 1 unspecified atom stereocenters. The molecular formula is C22H27N3O. The van der Waals surface area contributed by atoms with E-state index >= 15 is 0 Å². The molecule has 4 nitrogen and oxygen atoms in total. The predicted octanol–water partition coefficient (Wildman–Crippen LogP) is 4.36. The van der Waals surface area contributed by atoms with Gasteiger partial charge in [0.2, 0.25) is 0 Å². The maximum Gasteiger partial charge on any atom is 0.251 e. The van der Waals surface area contributed by atoms with E-state index in [9.17, 15) is 4.79 Å². The number of carbonyl (C=O) groups excluding carboxylic acids is 1. The van der Waals surface area contributed by atoms with Gasteiger partial charge in [-0.25, -0.2) is 4.98 Å². The molecule has 0 bridgehead atoms. The third-order valence-electron chi connectivity index (χ3n) is 4.84. The van der Waals surface area contributed by atoms with Crippen LogP contribution in [0.4, 0.5) is 0 Å². The van der Waals surface area contributed by atoms with E-state index in [1.54, 1.807) is 0 Å². The first-order valence-electron chi connectivity index (χ1n) is 9.37. The monoisotopic (exact) mass is 349 g/mol. The Hall–Kier alpha value is -2.62. The number of benzene rings is 2. The Morgan fingerprint density at radius 3 is 2.77 bits per heavy atom. The molecular weight excluding hydrogens is 322 g/mol. The zero-order valence-corrected chi connectivity index (χ0v) is 15.8. The van der Waals surface area contributed by atoms with Crippen LogP contribution >= 0.6 is 0 Å². The number of rotatable bonds is 7. The molecule has 0 aliphatic heterocycles. The Morgan fingerprint density at radius 2 is 2.00 bits per heavy atom. The predicted molar refractivity (Wildman–Crippen MR) is 106 cm³/mol. The van der Waals surface area contributed by atoms with Gasteiger partial charge in [-0.15, -0.1) is 0 Å². The standard InChI is InChI=1S/C22H27N3O/c1-4-16(2)15-25-20-11-6-5-10-19(20)24-21(25)12-13-23-22(26)18-9-7-8-17(3)14-18/h5-11,14,16H,4,12-13,15H2,1-3H3,(H,23,26). The molecule has 2 aromatic carbocycles. The van der Waals surface area contributed by atoms with Gasteiger partial charge in [0.25, 0.3) is 5.91 Å². The highest BCUT2D eigenvalue weighted by Crippen LogP contribution is 2.19. The fourth-order valence-corrected chi connectivity index (χ4v) is 3.14. The zero-order chi connectivity index (χ0) is 18.5. The van der Waals surface area contributed by atoms with E-state index in [0.717, 1.165) is 36.3 Å². The molecule has 0 spiro atoms. The van der Waals surface area contributed by atoms with E-state index in [0.29, 0.717) is 18.0 Å². The van der Waals surface area contributed by atoms with E-state index in [1.807, 2.05) is 37.3 Å². The molecule has 3 rings (SSSR count). The van der Waals surface area contributed by atoms with Crippen LogP contribution in [0.1, 0.15) is 42.0 Å². The Bertz CT molecular complexity index is 897. The maximum atomic E-state index is 12.3. The highest BCUT2D eigenvalue weighted by Gasteiger charge is 2.13. The first-order valence-corrected chi connectivity index (χ1v) is 9.37. The lowest BCUT2D eigenvalue weighted by molar-refractivity contribution is 0.0954. The number of imidazole rings is 1. The van der Waals surface area contributed by atoms with E-state index in [-0.39, 0.29) is 5.91 Å². The lowest BCUT2D eigenvalue weighted by atomic mass is 10.1. The van der Waals surface area contributed by atoms with Crippen molar-refractivity contribution in [1.29, 1.82) is 0 Å². The van der Waals surface area contributed by atoms with E-state index < -0.39 is 0 Å². The van der Waals surface area contributed by atoms with Crippen molar-refractivity contribution >= 4 is 16.9 Å². The maximum absolute atomic E-state index is 12.3. The number of hydrogen-bond acceptors (Lipinski definition) is 2. The van der Waals surface area contributed by atoms with Crippen LogP contribution in [0.2, 0.25) is 0 Å². The van der Waals surface area contributed by atoms with E-state index in [1.165, 1.54) is 5.52 Å². The Labute approximate surface area is 155 Å². The molecule has 0 saturated heterocycles. The summed E-state index contributed by atoms with van der Waals surface area (Å²) in [6.45, 7) is 8.01. The fraction of sp³-hybridized carbons (Fsp3) is 0.364. The van der Waals surface area contributed by atoms with Gasteiger partial charge in [-0.2, -0.15) is 0 Å². The summed E-state index contributed by atoms with van der Waals surface area (Å²) in [5.41, 5.74) is 4.00. The fourth-order valence-electron chi connectivity index (χ4n) is 3.14. The lowest BCUT2D eigenvalue weighted by Crippen LogP contribution is -2.26. The molecule has 1 N–H and O–H groups in total. The second-order valence-electron chi connectivity index (χ2n) is 7.02. The lowest BCUT2D eigenvalue weighted by Gasteiger charge is -2.14. The molecule has 1 heterocycles. The second kappa shape index (κ2) is 8.17. The summed E-state index contributed by atoms with van der Waals surface area (Å²) in [4.78, 5) is 17.1. The van der Waals surface area contributed by atoms with Gasteiger partial charge in [0.05, 0.1) is 11.0 Å². The molecule has 3 aromatic rings. The minimum atomic E-state index is -0.0294. The summed E-state index contributed by atoms with van der Waals surface area (Å²) in [6, 6.07) is 15.9. The number of nitrogens with one attached hydrogen (secondary N) is 1. The number of amides is 1. The summed E-state index contributed by atoms with van der Waals surface area (Å²) in [5, 5.41) is 3.02. The van der Waals surface area contributed by atoms with Crippen molar-refractivity contribution in [1.82, 2.24) is 14.9 Å². The van der Waals surface area contributed by atoms with Crippen LogP contribution in [0.25, 0.3) is 11.0 Å². The third-order valence-corrected chi connectivity index (χ3v) is 4.84. The molecule has 4 heteroatoms. The van der Waals surface area contributed by atoms with Crippen LogP contribution in [0, 0.1) is 12.8 Å². The molecule has 0 radical (unpaired) electrons. The molecule has 1 aromatic heterocycles. The first kappa shape index (κ1) is 18.2. The number of carbonyl (C=O) groups is 1. The molecule has 0 fully saturated rings. The molecule has 0 aliphatic carbocycles. The van der Waals surface area contributed by atoms with Crippen molar-refractivity contribution < 1.29 is 4.79 Å². The van der Waals surface area contributed by atoms with Crippen LogP contribution in [0.3, 0.4) is 0 Å².